The monoisotopic (exact) mass is 414 g/mol. The Hall–Kier alpha value is -2.51. The van der Waals surface area contributed by atoms with Gasteiger partial charge in [0.1, 0.15) is 28.4 Å². The molecule has 0 aromatic carbocycles. The Morgan fingerprint density at radius 2 is 1.86 bits per heavy atom. The molecule has 154 valence electrons. The number of hydrogen-bond donors (Lipinski definition) is 2. The molecule has 3 heterocycles. The first-order chi connectivity index (χ1) is 14.1. The second-order valence-electron chi connectivity index (χ2n) is 7.64. The van der Waals surface area contributed by atoms with Gasteiger partial charge in [0.05, 0.1) is 17.3 Å². The van der Waals surface area contributed by atoms with Crippen LogP contribution in [0, 0.1) is 11.3 Å². The molecule has 4 rings (SSSR count). The predicted octanol–water partition coefficient (Wildman–Crippen LogP) is 2.04. The molecular weight excluding hydrogens is 388 g/mol. The summed E-state index contributed by atoms with van der Waals surface area (Å²) in [4.78, 5) is 9.61. The van der Waals surface area contributed by atoms with Crippen molar-refractivity contribution in [2.75, 3.05) is 23.7 Å². The van der Waals surface area contributed by atoms with Crippen LogP contribution in [0.1, 0.15) is 44.1 Å². The summed E-state index contributed by atoms with van der Waals surface area (Å²) in [5, 5.41) is 20.2. The number of anilines is 2. The summed E-state index contributed by atoms with van der Waals surface area (Å²) >= 11 is 0. The van der Waals surface area contributed by atoms with E-state index < -0.39 is 11.0 Å². The van der Waals surface area contributed by atoms with Crippen molar-refractivity contribution in [3.05, 3.63) is 24.2 Å². The zero-order valence-electron chi connectivity index (χ0n) is 16.5. The number of nitrogens with zero attached hydrogens (tertiary/aromatic N) is 6. The van der Waals surface area contributed by atoms with Gasteiger partial charge in [-0.2, -0.15) is 15.3 Å². The number of hydrogen-bond acceptors (Lipinski definition) is 7. The molecule has 2 aromatic rings. The molecule has 1 saturated carbocycles. The van der Waals surface area contributed by atoms with E-state index in [2.05, 4.69) is 31.8 Å². The van der Waals surface area contributed by atoms with E-state index in [4.69, 9.17) is 0 Å². The summed E-state index contributed by atoms with van der Waals surface area (Å²) in [5.41, 5.74) is 0.476. The van der Waals surface area contributed by atoms with Crippen LogP contribution in [-0.4, -0.2) is 53.4 Å². The number of nitrogens with one attached hydrogen (secondary N) is 2. The van der Waals surface area contributed by atoms with Crippen LogP contribution >= 0.6 is 0 Å². The molecule has 9 nitrogen and oxygen atoms in total. The van der Waals surface area contributed by atoms with E-state index in [0.29, 0.717) is 23.4 Å². The Morgan fingerprint density at radius 3 is 2.52 bits per heavy atom. The predicted molar refractivity (Wildman–Crippen MR) is 110 cm³/mol. The highest BCUT2D eigenvalue weighted by molar-refractivity contribution is 7.82. The zero-order chi connectivity index (χ0) is 20.2. The Bertz CT molecular complexity index is 909. The van der Waals surface area contributed by atoms with Gasteiger partial charge >= 0.3 is 0 Å². The van der Waals surface area contributed by atoms with Gasteiger partial charge < -0.3 is 10.6 Å². The lowest BCUT2D eigenvalue weighted by Gasteiger charge is -2.31. The summed E-state index contributed by atoms with van der Waals surface area (Å²) in [6, 6.07) is 2.77. The van der Waals surface area contributed by atoms with E-state index in [-0.39, 0.29) is 6.04 Å². The molecule has 1 saturated heterocycles. The highest BCUT2D eigenvalue weighted by Crippen LogP contribution is 2.24. The van der Waals surface area contributed by atoms with Crippen LogP contribution < -0.4 is 10.6 Å². The fourth-order valence-electron chi connectivity index (χ4n) is 3.89. The lowest BCUT2D eigenvalue weighted by molar-refractivity contribution is 0.345. The van der Waals surface area contributed by atoms with Crippen molar-refractivity contribution in [2.24, 2.45) is 7.05 Å². The minimum absolute atomic E-state index is 0.212. The molecule has 2 N–H and O–H groups in total. The van der Waals surface area contributed by atoms with Crippen LogP contribution in [0.4, 0.5) is 11.8 Å². The van der Waals surface area contributed by atoms with Gasteiger partial charge in [0.2, 0.25) is 5.95 Å². The van der Waals surface area contributed by atoms with Crippen molar-refractivity contribution in [3.8, 4) is 6.07 Å². The molecule has 2 aromatic heterocycles. The van der Waals surface area contributed by atoms with Crippen molar-refractivity contribution in [1.29, 1.82) is 5.26 Å². The number of rotatable bonds is 6. The molecule has 0 spiro atoms. The van der Waals surface area contributed by atoms with Crippen molar-refractivity contribution >= 4 is 22.8 Å². The second-order valence-corrected chi connectivity index (χ2v) is 9.13. The fourth-order valence-corrected chi connectivity index (χ4v) is 5.11. The van der Waals surface area contributed by atoms with Crippen molar-refractivity contribution in [1.82, 2.24) is 24.1 Å². The molecule has 2 fully saturated rings. The van der Waals surface area contributed by atoms with E-state index >= 15 is 0 Å². The molecular formula is C19H26N8OS. The number of aromatic nitrogens is 4. The lowest BCUT2D eigenvalue weighted by Crippen LogP contribution is -2.40. The maximum Gasteiger partial charge on any atom is 0.224 e. The summed E-state index contributed by atoms with van der Waals surface area (Å²) in [6.45, 7) is 1.45. The largest absolute Gasteiger partial charge is 0.366 e. The number of aryl methyl sites for hydroxylation is 1. The summed E-state index contributed by atoms with van der Waals surface area (Å²) in [7, 11) is 0.647. The molecule has 1 aliphatic carbocycles. The SMILES string of the molecule is Cn1cc(S(=O)N2CCC(Nc3ncc(C#N)c(NC4CCCC4)n3)CC2)cn1. The molecule has 0 amide bonds. The van der Waals surface area contributed by atoms with Crippen LogP contribution in [0.3, 0.4) is 0 Å². The van der Waals surface area contributed by atoms with Gasteiger partial charge in [-0.05, 0) is 25.7 Å². The van der Waals surface area contributed by atoms with Crippen LogP contribution in [0.5, 0.6) is 0 Å². The van der Waals surface area contributed by atoms with Crippen molar-refractivity contribution < 1.29 is 4.21 Å². The Kier molecular flexibility index (Phi) is 6.06. The standard InChI is InChI=1S/C19H26N8OS/c1-26-13-17(12-22-26)29(28)27-8-6-16(7-9-27)24-19-21-11-14(10-20)18(25-19)23-15-4-2-3-5-15/h11-13,15-16H,2-9H2,1H3,(H2,21,23,24,25). The average molecular weight is 415 g/mol. The number of nitriles is 1. The van der Waals surface area contributed by atoms with Crippen LogP contribution in [0.2, 0.25) is 0 Å². The van der Waals surface area contributed by atoms with Crippen molar-refractivity contribution in [2.45, 2.75) is 55.5 Å². The average Bonchev–Trinajstić information content (AvgIpc) is 3.40. The Morgan fingerprint density at radius 1 is 1.14 bits per heavy atom. The molecule has 2 aliphatic rings. The Labute approximate surface area is 173 Å². The summed E-state index contributed by atoms with van der Waals surface area (Å²) in [6.07, 6.45) is 11.4. The summed E-state index contributed by atoms with van der Waals surface area (Å²) in [5.74, 6) is 1.16. The van der Waals surface area contributed by atoms with Gasteiger partial charge in [-0.1, -0.05) is 12.8 Å². The van der Waals surface area contributed by atoms with Gasteiger partial charge in [-0.25, -0.2) is 13.5 Å². The van der Waals surface area contributed by atoms with Gasteiger partial charge in [0, 0.05) is 38.4 Å². The minimum Gasteiger partial charge on any atom is -0.366 e. The van der Waals surface area contributed by atoms with Crippen LogP contribution in [0.25, 0.3) is 0 Å². The van der Waals surface area contributed by atoms with Crippen LogP contribution in [0.15, 0.2) is 23.5 Å². The van der Waals surface area contributed by atoms with Gasteiger partial charge in [0.15, 0.2) is 0 Å². The quantitative estimate of drug-likeness (QED) is 0.744. The number of piperidine rings is 1. The molecule has 0 bridgehead atoms. The molecule has 1 unspecified atom stereocenters. The maximum atomic E-state index is 12.7. The topological polar surface area (TPSA) is 112 Å². The van der Waals surface area contributed by atoms with Crippen LogP contribution in [-0.2, 0) is 18.0 Å². The highest BCUT2D eigenvalue weighted by Gasteiger charge is 2.25. The fraction of sp³-hybridized carbons (Fsp3) is 0.579. The Balaban J connectivity index is 1.35. The van der Waals surface area contributed by atoms with E-state index in [1.54, 1.807) is 23.3 Å². The van der Waals surface area contributed by atoms with E-state index in [1.165, 1.54) is 12.8 Å². The second kappa shape index (κ2) is 8.88. The first-order valence-corrected chi connectivity index (χ1v) is 11.2. The molecule has 0 radical (unpaired) electrons. The third kappa shape index (κ3) is 4.74. The lowest BCUT2D eigenvalue weighted by atomic mass is 10.1. The van der Waals surface area contributed by atoms with Gasteiger partial charge in [-0.3, -0.25) is 4.68 Å². The minimum atomic E-state index is -1.18. The normalized spacial score (nSPS) is 19.7. The highest BCUT2D eigenvalue weighted by atomic mass is 32.2. The molecule has 29 heavy (non-hydrogen) atoms. The molecule has 10 heteroatoms. The molecule has 1 aliphatic heterocycles. The van der Waals surface area contributed by atoms with E-state index in [9.17, 15) is 9.47 Å². The van der Waals surface area contributed by atoms with E-state index in [0.717, 1.165) is 43.7 Å². The molecule has 1 atom stereocenters. The zero-order valence-corrected chi connectivity index (χ0v) is 17.4. The van der Waals surface area contributed by atoms with Gasteiger partial charge in [0.25, 0.3) is 0 Å². The third-order valence-corrected chi connectivity index (χ3v) is 6.96. The first-order valence-electron chi connectivity index (χ1n) is 10.1. The first kappa shape index (κ1) is 19.8. The maximum absolute atomic E-state index is 12.7. The third-order valence-electron chi connectivity index (χ3n) is 5.51. The van der Waals surface area contributed by atoms with Gasteiger partial charge in [-0.15, -0.1) is 0 Å². The summed E-state index contributed by atoms with van der Waals surface area (Å²) < 4.78 is 16.3. The smallest absolute Gasteiger partial charge is 0.224 e. The van der Waals surface area contributed by atoms with E-state index in [1.807, 2.05) is 11.4 Å². The van der Waals surface area contributed by atoms with Crippen molar-refractivity contribution in [3.63, 3.8) is 0 Å².